The second kappa shape index (κ2) is 10.3. The van der Waals surface area contributed by atoms with Crippen molar-refractivity contribution >= 4 is 29.2 Å². The maximum atomic E-state index is 13.6. The average molecular weight is 552 g/mol. The first-order chi connectivity index (χ1) is 18.6. The Morgan fingerprint density at radius 1 is 1.13 bits per heavy atom. The summed E-state index contributed by atoms with van der Waals surface area (Å²) in [4.78, 5) is 29.0. The zero-order valence-electron chi connectivity index (χ0n) is 22.3. The van der Waals surface area contributed by atoms with E-state index in [4.69, 9.17) is 24.3 Å². The lowest BCUT2D eigenvalue weighted by molar-refractivity contribution is -0.384. The maximum absolute atomic E-state index is 13.6. The first-order valence-electron chi connectivity index (χ1n) is 12.3. The Morgan fingerprint density at radius 3 is 2.49 bits per heavy atom. The molecule has 1 aliphatic carbocycles. The van der Waals surface area contributed by atoms with Crippen LogP contribution in [0, 0.1) is 15.5 Å². The Balaban J connectivity index is 1.57. The van der Waals surface area contributed by atoms with Gasteiger partial charge in [-0.25, -0.2) is 4.68 Å². The van der Waals surface area contributed by atoms with E-state index in [1.54, 1.807) is 38.1 Å². The second-order valence-corrected chi connectivity index (χ2v) is 11.1. The van der Waals surface area contributed by atoms with Crippen molar-refractivity contribution in [3.8, 4) is 17.2 Å². The lowest BCUT2D eigenvalue weighted by Crippen LogP contribution is -2.36. The van der Waals surface area contributed by atoms with E-state index in [2.05, 4.69) is 19.2 Å². The van der Waals surface area contributed by atoms with Crippen LogP contribution in [0.5, 0.6) is 17.2 Å². The summed E-state index contributed by atoms with van der Waals surface area (Å²) in [6, 6.07) is 9.59. The van der Waals surface area contributed by atoms with Gasteiger partial charge >= 0.3 is 0 Å². The number of fused-ring (bicyclic) bond motifs is 1. The highest BCUT2D eigenvalue weighted by molar-refractivity contribution is 7.98. The van der Waals surface area contributed by atoms with Gasteiger partial charge in [-0.3, -0.25) is 14.9 Å². The van der Waals surface area contributed by atoms with Crippen molar-refractivity contribution in [2.24, 2.45) is 5.41 Å². The van der Waals surface area contributed by atoms with Gasteiger partial charge in [0.15, 0.2) is 17.3 Å². The van der Waals surface area contributed by atoms with Crippen LogP contribution in [0.2, 0.25) is 0 Å². The van der Waals surface area contributed by atoms with Crippen LogP contribution in [0.4, 0.5) is 11.6 Å². The molecule has 2 aliphatic rings. The first kappa shape index (κ1) is 26.5. The quantitative estimate of drug-likeness (QED) is 0.227. The molecule has 0 saturated heterocycles. The summed E-state index contributed by atoms with van der Waals surface area (Å²) in [5, 5.41) is 19.8. The van der Waals surface area contributed by atoms with Crippen LogP contribution in [-0.2, 0) is 10.5 Å². The number of hydrogen-bond donors (Lipinski definition) is 1. The first-order valence-corrected chi connectivity index (χ1v) is 13.3. The molecule has 0 spiro atoms. The van der Waals surface area contributed by atoms with Crippen molar-refractivity contribution < 1.29 is 23.9 Å². The molecule has 11 nitrogen and oxygen atoms in total. The van der Waals surface area contributed by atoms with Gasteiger partial charge in [-0.05, 0) is 35.1 Å². The Labute approximate surface area is 229 Å². The fourth-order valence-corrected chi connectivity index (χ4v) is 5.90. The number of carbonyl (C=O) groups is 1. The number of allylic oxidation sites excluding steroid dienone is 2. The molecule has 0 bridgehead atoms. The van der Waals surface area contributed by atoms with Crippen molar-refractivity contribution in [1.82, 2.24) is 14.8 Å². The van der Waals surface area contributed by atoms with Crippen molar-refractivity contribution in [1.29, 1.82) is 0 Å². The highest BCUT2D eigenvalue weighted by Crippen LogP contribution is 2.48. The van der Waals surface area contributed by atoms with E-state index in [-0.39, 0.29) is 16.9 Å². The van der Waals surface area contributed by atoms with Crippen molar-refractivity contribution in [3.63, 3.8) is 0 Å². The van der Waals surface area contributed by atoms with E-state index in [0.29, 0.717) is 52.5 Å². The number of benzene rings is 2. The molecule has 12 heteroatoms. The summed E-state index contributed by atoms with van der Waals surface area (Å²) in [6.45, 7) is 4.15. The van der Waals surface area contributed by atoms with E-state index < -0.39 is 11.0 Å². The van der Waals surface area contributed by atoms with Crippen LogP contribution in [0.25, 0.3) is 0 Å². The predicted molar refractivity (Wildman–Crippen MR) is 146 cm³/mol. The zero-order chi connectivity index (χ0) is 27.9. The van der Waals surface area contributed by atoms with Gasteiger partial charge in [-0.1, -0.05) is 37.7 Å². The molecule has 1 unspecified atom stereocenters. The minimum Gasteiger partial charge on any atom is -0.493 e. The summed E-state index contributed by atoms with van der Waals surface area (Å²) in [7, 11) is 4.64. The summed E-state index contributed by atoms with van der Waals surface area (Å²) in [5.41, 5.74) is 2.82. The molecule has 1 atom stereocenters. The third kappa shape index (κ3) is 5.03. The largest absolute Gasteiger partial charge is 0.493 e. The fraction of sp³-hybridized carbons (Fsp3) is 0.370. The molecule has 2 heterocycles. The number of nitrogens with one attached hydrogen (secondary N) is 1. The third-order valence-corrected chi connectivity index (χ3v) is 7.71. The molecule has 0 fully saturated rings. The summed E-state index contributed by atoms with van der Waals surface area (Å²) < 4.78 is 18.4. The number of anilines is 1. The van der Waals surface area contributed by atoms with E-state index >= 15 is 0 Å². The molecular formula is C27H29N5O6S. The molecule has 0 amide bonds. The smallest absolute Gasteiger partial charge is 0.269 e. The second-order valence-electron chi connectivity index (χ2n) is 10.2. The molecule has 1 N–H and O–H groups in total. The number of nitro benzene ring substituents is 1. The van der Waals surface area contributed by atoms with E-state index in [0.717, 1.165) is 16.8 Å². The number of hydrogen-bond acceptors (Lipinski definition) is 10. The molecule has 1 aliphatic heterocycles. The summed E-state index contributed by atoms with van der Waals surface area (Å²) >= 11 is 1.36. The highest BCUT2D eigenvalue weighted by atomic mass is 32.2. The van der Waals surface area contributed by atoms with Gasteiger partial charge in [0, 0.05) is 35.6 Å². The van der Waals surface area contributed by atoms with Crippen LogP contribution < -0.4 is 19.5 Å². The number of nitro groups is 1. The molecule has 0 saturated carbocycles. The van der Waals surface area contributed by atoms with Gasteiger partial charge in [-0.15, -0.1) is 5.10 Å². The van der Waals surface area contributed by atoms with Gasteiger partial charge in [0.25, 0.3) is 5.69 Å². The number of non-ortho nitro benzene ring substituents is 1. The highest BCUT2D eigenvalue weighted by Gasteiger charge is 2.42. The molecule has 0 radical (unpaired) electrons. The van der Waals surface area contributed by atoms with Crippen LogP contribution in [0.15, 0.2) is 52.8 Å². The molecule has 39 heavy (non-hydrogen) atoms. The topological polar surface area (TPSA) is 131 Å². The number of rotatable bonds is 8. The lowest BCUT2D eigenvalue weighted by Gasteiger charge is -2.38. The van der Waals surface area contributed by atoms with E-state index in [1.165, 1.54) is 17.8 Å². The Hall–Kier alpha value is -4.06. The fourth-order valence-electron chi connectivity index (χ4n) is 5.13. The average Bonchev–Trinajstić information content (AvgIpc) is 3.31. The number of ketones is 1. The molecule has 3 aromatic rings. The van der Waals surface area contributed by atoms with E-state index in [9.17, 15) is 14.9 Å². The number of thioether (sulfide) groups is 1. The van der Waals surface area contributed by atoms with Gasteiger partial charge in [0.2, 0.25) is 16.9 Å². The standard InChI is InChI=1S/C27H29N5O6S/c1-27(2)12-18-22(19(33)13-27)23(16-10-20(36-3)24(38-5)21(11-16)37-4)31-25(28-18)29-26(30-31)39-14-15-7-6-8-17(9-15)32(34)35/h6-11,23H,12-14H2,1-5H3,(H,28,29,30). The lowest BCUT2D eigenvalue weighted by atomic mass is 9.73. The van der Waals surface area contributed by atoms with E-state index in [1.807, 2.05) is 18.2 Å². The number of ether oxygens (including phenoxy) is 3. The van der Waals surface area contributed by atoms with Crippen LogP contribution in [-0.4, -0.2) is 46.8 Å². The van der Waals surface area contributed by atoms with Crippen molar-refractivity contribution in [2.45, 2.75) is 43.6 Å². The van der Waals surface area contributed by atoms with Crippen LogP contribution in [0.3, 0.4) is 0 Å². The molecule has 1 aromatic heterocycles. The molecule has 5 rings (SSSR count). The van der Waals surface area contributed by atoms with Gasteiger partial charge in [0.05, 0.1) is 26.3 Å². The van der Waals surface area contributed by atoms with Crippen LogP contribution >= 0.6 is 11.8 Å². The van der Waals surface area contributed by atoms with Gasteiger partial charge < -0.3 is 19.5 Å². The third-order valence-electron chi connectivity index (χ3n) is 6.80. The van der Waals surface area contributed by atoms with Crippen LogP contribution in [0.1, 0.15) is 43.9 Å². The molecule has 2 aromatic carbocycles. The molecular weight excluding hydrogens is 522 g/mol. The number of methoxy groups -OCH3 is 3. The minimum atomic E-state index is -0.562. The number of nitrogens with zero attached hydrogens (tertiary/aromatic N) is 4. The summed E-state index contributed by atoms with van der Waals surface area (Å²) in [5.74, 6) is 2.39. The van der Waals surface area contributed by atoms with Crippen molar-refractivity contribution in [2.75, 3.05) is 26.6 Å². The number of carbonyl (C=O) groups excluding carboxylic acids is 1. The Morgan fingerprint density at radius 2 is 1.85 bits per heavy atom. The number of Topliss-reactive ketones (excluding diaryl/α,β-unsaturated/α-hetero) is 1. The Kier molecular flexibility index (Phi) is 6.98. The monoisotopic (exact) mass is 551 g/mol. The minimum absolute atomic E-state index is 0.0346. The Bertz CT molecular complexity index is 1470. The summed E-state index contributed by atoms with van der Waals surface area (Å²) in [6.07, 6.45) is 1.09. The maximum Gasteiger partial charge on any atom is 0.269 e. The normalized spacial score (nSPS) is 17.7. The van der Waals surface area contributed by atoms with Crippen molar-refractivity contribution in [3.05, 3.63) is 68.9 Å². The van der Waals surface area contributed by atoms with Gasteiger partial charge in [0.1, 0.15) is 6.04 Å². The predicted octanol–water partition coefficient (Wildman–Crippen LogP) is 5.16. The zero-order valence-corrected chi connectivity index (χ0v) is 23.1. The molecule has 204 valence electrons. The number of aromatic nitrogens is 3. The SMILES string of the molecule is COc1cc(C2C3=C(CC(C)(C)CC3=O)Nc3nc(SCc4cccc([N+](=O)[O-])c4)nn32)cc(OC)c1OC. The van der Waals surface area contributed by atoms with Gasteiger partial charge in [-0.2, -0.15) is 4.98 Å².